The van der Waals surface area contributed by atoms with E-state index in [0.29, 0.717) is 6.54 Å². The van der Waals surface area contributed by atoms with Crippen LogP contribution in [0.5, 0.6) is 0 Å². The van der Waals surface area contributed by atoms with Gasteiger partial charge in [-0.1, -0.05) is 30.7 Å². The smallest absolute Gasteiger partial charge is 0.213 e. The van der Waals surface area contributed by atoms with Crippen molar-refractivity contribution < 1.29 is 8.42 Å². The molecular weight excluding hydrogens is 406 g/mol. The van der Waals surface area contributed by atoms with E-state index in [1.807, 2.05) is 0 Å². The summed E-state index contributed by atoms with van der Waals surface area (Å²) in [5, 5.41) is 3.08. The molecule has 2 aromatic carbocycles. The highest BCUT2D eigenvalue weighted by atomic mass is 32.2. The lowest BCUT2D eigenvalue weighted by atomic mass is 10.0. The van der Waals surface area contributed by atoms with Crippen LogP contribution in [0.4, 0.5) is 11.4 Å². The Morgan fingerprint density at radius 1 is 0.806 bits per heavy atom. The summed E-state index contributed by atoms with van der Waals surface area (Å²) in [7, 11) is -3.14. The van der Waals surface area contributed by atoms with Crippen LogP contribution >= 0.6 is 0 Å². The van der Waals surface area contributed by atoms with Gasteiger partial charge in [-0.15, -0.1) is 0 Å². The van der Waals surface area contributed by atoms with Crippen molar-refractivity contribution in [1.82, 2.24) is 4.72 Å². The topological polar surface area (TPSA) is 61.4 Å². The number of rotatable bonds is 11. The average molecular weight is 444 g/mol. The Labute approximate surface area is 188 Å². The Morgan fingerprint density at radius 2 is 1.39 bits per heavy atom. The van der Waals surface area contributed by atoms with E-state index in [9.17, 15) is 8.42 Å². The summed E-state index contributed by atoms with van der Waals surface area (Å²) >= 11 is 0. The third kappa shape index (κ3) is 7.25. The molecule has 0 radical (unpaired) electrons. The molecule has 6 heteroatoms. The van der Waals surface area contributed by atoms with Crippen molar-refractivity contribution in [2.24, 2.45) is 0 Å². The van der Waals surface area contributed by atoms with Gasteiger partial charge in [-0.2, -0.15) is 0 Å². The third-order valence-corrected chi connectivity index (χ3v) is 7.76. The second kappa shape index (κ2) is 11.5. The highest BCUT2D eigenvalue weighted by molar-refractivity contribution is 7.90. The van der Waals surface area contributed by atoms with E-state index in [4.69, 9.17) is 0 Å². The predicted octanol–water partition coefficient (Wildman–Crippen LogP) is 5.25. The van der Waals surface area contributed by atoms with Crippen LogP contribution in [0.2, 0.25) is 0 Å². The van der Waals surface area contributed by atoms with E-state index >= 15 is 0 Å². The maximum Gasteiger partial charge on any atom is 0.213 e. The van der Waals surface area contributed by atoms with Gasteiger partial charge in [-0.05, 0) is 81.3 Å². The van der Waals surface area contributed by atoms with Crippen molar-refractivity contribution in [1.29, 1.82) is 0 Å². The summed E-state index contributed by atoms with van der Waals surface area (Å²) in [6.07, 6.45) is 6.83. The van der Waals surface area contributed by atoms with Crippen molar-refractivity contribution in [3.8, 4) is 11.1 Å². The molecule has 0 amide bonds. The maximum atomic E-state index is 11.7. The lowest BCUT2D eigenvalue weighted by molar-refractivity contribution is 0.566. The van der Waals surface area contributed by atoms with E-state index in [2.05, 4.69) is 63.5 Å². The first-order valence-electron chi connectivity index (χ1n) is 11.6. The Bertz CT molecular complexity index is 887. The highest BCUT2D eigenvalue weighted by Gasteiger charge is 2.14. The fourth-order valence-electron chi connectivity index (χ4n) is 3.84. The lowest BCUT2D eigenvalue weighted by Gasteiger charge is -2.28. The zero-order valence-corrected chi connectivity index (χ0v) is 19.8. The van der Waals surface area contributed by atoms with Crippen LogP contribution in [0.3, 0.4) is 0 Å². The molecule has 2 aromatic rings. The fraction of sp³-hybridized carbons (Fsp3) is 0.520. The van der Waals surface area contributed by atoms with Gasteiger partial charge in [0.2, 0.25) is 10.0 Å². The molecule has 1 aliphatic heterocycles. The molecule has 2 N–H and O–H groups in total. The van der Waals surface area contributed by atoms with Gasteiger partial charge in [-0.25, -0.2) is 13.1 Å². The van der Waals surface area contributed by atoms with Crippen LogP contribution < -0.4 is 14.9 Å². The Hall–Kier alpha value is -2.05. The number of nitrogens with zero attached hydrogens (tertiary/aromatic N) is 1. The van der Waals surface area contributed by atoms with Gasteiger partial charge in [0, 0.05) is 37.6 Å². The van der Waals surface area contributed by atoms with E-state index in [0.717, 1.165) is 31.5 Å². The molecule has 3 rings (SSSR count). The van der Waals surface area contributed by atoms with Crippen LogP contribution in [0.15, 0.2) is 48.5 Å². The molecule has 0 saturated carbocycles. The number of anilines is 2. The summed E-state index contributed by atoms with van der Waals surface area (Å²) in [5.41, 5.74) is 4.93. The second-order valence-corrected chi connectivity index (χ2v) is 11.0. The SMILES string of the molecule is CC(C)S(=O)(=O)NCCCCCNc1ccc(-c2ccc(N3CCCCC3)cc2)cc1. The standard InChI is InChI=1S/C25H37N3O2S/c1-21(2)31(29,30)27-18-6-3-5-17-26-24-13-9-22(10-14-24)23-11-15-25(16-12-23)28-19-7-4-8-20-28/h9-16,21,26-27H,3-8,17-20H2,1-2H3. The number of hydrogen-bond acceptors (Lipinski definition) is 4. The third-order valence-electron chi connectivity index (χ3n) is 5.91. The molecule has 0 aliphatic carbocycles. The monoisotopic (exact) mass is 443 g/mol. The minimum atomic E-state index is -3.14. The average Bonchev–Trinajstić information content (AvgIpc) is 2.79. The van der Waals surface area contributed by atoms with Crippen molar-refractivity contribution in [2.75, 3.05) is 36.4 Å². The molecule has 1 aliphatic rings. The Morgan fingerprint density at radius 3 is 2.00 bits per heavy atom. The normalized spacial score (nSPS) is 14.7. The zero-order valence-electron chi connectivity index (χ0n) is 18.9. The van der Waals surface area contributed by atoms with Crippen LogP contribution in [0.1, 0.15) is 52.4 Å². The van der Waals surface area contributed by atoms with Gasteiger partial charge in [0.25, 0.3) is 0 Å². The minimum Gasteiger partial charge on any atom is -0.385 e. The van der Waals surface area contributed by atoms with Gasteiger partial charge in [0.15, 0.2) is 0 Å². The first-order chi connectivity index (χ1) is 15.0. The Kier molecular flexibility index (Phi) is 8.79. The number of benzene rings is 2. The molecule has 1 saturated heterocycles. The fourth-order valence-corrected chi connectivity index (χ4v) is 4.60. The molecule has 31 heavy (non-hydrogen) atoms. The molecule has 0 atom stereocenters. The van der Waals surface area contributed by atoms with Crippen molar-refractivity contribution in [3.05, 3.63) is 48.5 Å². The van der Waals surface area contributed by atoms with Crippen molar-refractivity contribution in [3.63, 3.8) is 0 Å². The summed E-state index contributed by atoms with van der Waals surface area (Å²) in [6.45, 7) is 7.15. The molecule has 1 heterocycles. The van der Waals surface area contributed by atoms with Gasteiger partial charge < -0.3 is 10.2 Å². The van der Waals surface area contributed by atoms with Crippen LogP contribution in [-0.4, -0.2) is 39.8 Å². The second-order valence-electron chi connectivity index (χ2n) is 8.65. The largest absolute Gasteiger partial charge is 0.385 e. The number of piperidine rings is 1. The van der Waals surface area contributed by atoms with Gasteiger partial charge in [0.05, 0.1) is 5.25 Å². The van der Waals surface area contributed by atoms with Gasteiger partial charge in [0.1, 0.15) is 0 Å². The number of sulfonamides is 1. The molecule has 1 fully saturated rings. The number of nitrogens with one attached hydrogen (secondary N) is 2. The molecule has 0 aromatic heterocycles. The van der Waals surface area contributed by atoms with Crippen molar-refractivity contribution in [2.45, 2.75) is 57.6 Å². The quantitative estimate of drug-likeness (QED) is 0.466. The van der Waals surface area contributed by atoms with E-state index in [-0.39, 0.29) is 5.25 Å². The predicted molar refractivity (Wildman–Crippen MR) is 132 cm³/mol. The van der Waals surface area contributed by atoms with Gasteiger partial charge >= 0.3 is 0 Å². The molecule has 0 spiro atoms. The van der Waals surface area contributed by atoms with Crippen LogP contribution in [0.25, 0.3) is 11.1 Å². The van der Waals surface area contributed by atoms with Gasteiger partial charge in [-0.3, -0.25) is 0 Å². The Balaban J connectivity index is 1.38. The minimum absolute atomic E-state index is 0.371. The van der Waals surface area contributed by atoms with Crippen molar-refractivity contribution >= 4 is 21.4 Å². The summed E-state index contributed by atoms with van der Waals surface area (Å²) in [4.78, 5) is 2.49. The molecule has 0 unspecified atom stereocenters. The van der Waals surface area contributed by atoms with E-state index in [1.54, 1.807) is 13.8 Å². The summed E-state index contributed by atoms with van der Waals surface area (Å²) < 4.78 is 26.1. The molecular formula is C25H37N3O2S. The van der Waals surface area contributed by atoms with E-state index < -0.39 is 10.0 Å². The molecule has 170 valence electrons. The van der Waals surface area contributed by atoms with Crippen LogP contribution in [0, 0.1) is 0 Å². The molecule has 5 nitrogen and oxygen atoms in total. The van der Waals surface area contributed by atoms with Crippen LogP contribution in [-0.2, 0) is 10.0 Å². The zero-order chi connectivity index (χ0) is 22.1. The van der Waals surface area contributed by atoms with E-state index in [1.165, 1.54) is 49.2 Å². The lowest BCUT2D eigenvalue weighted by Crippen LogP contribution is -2.31. The number of unbranched alkanes of at least 4 members (excludes halogenated alkanes) is 2. The maximum absolute atomic E-state index is 11.7. The summed E-state index contributed by atoms with van der Waals surface area (Å²) in [5.74, 6) is 0. The number of hydrogen-bond donors (Lipinski definition) is 2. The molecule has 0 bridgehead atoms. The summed E-state index contributed by atoms with van der Waals surface area (Å²) in [6, 6.07) is 17.5. The highest BCUT2D eigenvalue weighted by Crippen LogP contribution is 2.26. The first-order valence-corrected chi connectivity index (χ1v) is 13.2. The first kappa shape index (κ1) is 23.6.